The summed E-state index contributed by atoms with van der Waals surface area (Å²) in [6.45, 7) is 3.56. The van der Waals surface area contributed by atoms with Crippen LogP contribution < -0.4 is 10.5 Å². The van der Waals surface area contributed by atoms with Crippen LogP contribution in [-0.4, -0.2) is 11.9 Å². The summed E-state index contributed by atoms with van der Waals surface area (Å²) in [6.07, 6.45) is 0.929. The fourth-order valence-corrected chi connectivity index (χ4v) is 1.23. The van der Waals surface area contributed by atoms with Gasteiger partial charge in [0.15, 0.2) is 0 Å². The molecule has 0 saturated carbocycles. The molecule has 0 fully saturated rings. The van der Waals surface area contributed by atoms with Gasteiger partial charge in [0.25, 0.3) is 0 Å². The lowest BCUT2D eigenvalue weighted by molar-refractivity contribution is -0.137. The van der Waals surface area contributed by atoms with Crippen LogP contribution in [0.3, 0.4) is 0 Å². The third-order valence-electron chi connectivity index (χ3n) is 2.27. The zero-order valence-electron chi connectivity index (χ0n) is 10.1. The molecule has 0 radical (unpaired) electrons. The molecule has 0 atom stereocenters. The molecule has 0 aliphatic rings. The first kappa shape index (κ1) is 13.2. The number of primary amides is 1. The van der Waals surface area contributed by atoms with Crippen LogP contribution in [0.4, 0.5) is 0 Å². The standard InChI is InChI=1S/C13H17NO3/c1-9(2)13(16)17-11-6-3-10(4-7-11)5-8-12(14)15/h3-4,6-7,9H,5,8H2,1-2H3,(H2,14,15). The highest BCUT2D eigenvalue weighted by Gasteiger charge is 2.09. The van der Waals surface area contributed by atoms with E-state index in [0.717, 1.165) is 5.56 Å². The first-order chi connectivity index (χ1) is 7.99. The second-order valence-corrected chi connectivity index (χ2v) is 4.19. The topological polar surface area (TPSA) is 69.4 Å². The summed E-state index contributed by atoms with van der Waals surface area (Å²) >= 11 is 0. The van der Waals surface area contributed by atoms with Gasteiger partial charge in [-0.1, -0.05) is 26.0 Å². The van der Waals surface area contributed by atoms with Gasteiger partial charge in [-0.2, -0.15) is 0 Å². The number of rotatable bonds is 5. The minimum absolute atomic E-state index is 0.149. The maximum atomic E-state index is 11.3. The van der Waals surface area contributed by atoms with Gasteiger partial charge >= 0.3 is 5.97 Å². The first-order valence-electron chi connectivity index (χ1n) is 5.58. The molecule has 0 aliphatic carbocycles. The molecule has 2 N–H and O–H groups in total. The van der Waals surface area contributed by atoms with Gasteiger partial charge in [-0.05, 0) is 24.1 Å². The molecule has 4 heteroatoms. The van der Waals surface area contributed by atoms with E-state index in [4.69, 9.17) is 10.5 Å². The van der Waals surface area contributed by atoms with Crippen molar-refractivity contribution < 1.29 is 14.3 Å². The number of amides is 1. The second-order valence-electron chi connectivity index (χ2n) is 4.19. The summed E-state index contributed by atoms with van der Waals surface area (Å²) in [4.78, 5) is 21.9. The van der Waals surface area contributed by atoms with Gasteiger partial charge in [0.2, 0.25) is 5.91 Å². The zero-order valence-corrected chi connectivity index (χ0v) is 10.1. The normalized spacial score (nSPS) is 10.3. The molecular weight excluding hydrogens is 218 g/mol. The average molecular weight is 235 g/mol. The van der Waals surface area contributed by atoms with Crippen LogP contribution in [0.1, 0.15) is 25.8 Å². The molecule has 0 aromatic heterocycles. The molecule has 1 aromatic rings. The van der Waals surface area contributed by atoms with Gasteiger partial charge < -0.3 is 10.5 Å². The Balaban J connectivity index is 2.56. The smallest absolute Gasteiger partial charge is 0.313 e. The molecule has 4 nitrogen and oxygen atoms in total. The highest BCUT2D eigenvalue weighted by atomic mass is 16.5. The lowest BCUT2D eigenvalue weighted by atomic mass is 10.1. The van der Waals surface area contributed by atoms with E-state index >= 15 is 0 Å². The SMILES string of the molecule is CC(C)C(=O)Oc1ccc(CCC(N)=O)cc1. The lowest BCUT2D eigenvalue weighted by Gasteiger charge is -2.07. The largest absolute Gasteiger partial charge is 0.426 e. The van der Waals surface area contributed by atoms with Crippen molar-refractivity contribution >= 4 is 11.9 Å². The van der Waals surface area contributed by atoms with Crippen LogP contribution in [0.25, 0.3) is 0 Å². The van der Waals surface area contributed by atoms with E-state index in [1.807, 2.05) is 12.1 Å². The molecule has 1 rings (SSSR count). The van der Waals surface area contributed by atoms with Crippen LogP contribution in [-0.2, 0) is 16.0 Å². The molecule has 0 bridgehead atoms. The predicted molar refractivity (Wildman–Crippen MR) is 64.4 cm³/mol. The monoisotopic (exact) mass is 235 g/mol. The maximum Gasteiger partial charge on any atom is 0.313 e. The fraction of sp³-hybridized carbons (Fsp3) is 0.385. The van der Waals surface area contributed by atoms with Crippen molar-refractivity contribution in [3.63, 3.8) is 0 Å². The van der Waals surface area contributed by atoms with Crippen LogP contribution >= 0.6 is 0 Å². The Morgan fingerprint density at radius 1 is 1.24 bits per heavy atom. The maximum absolute atomic E-state index is 11.3. The van der Waals surface area contributed by atoms with E-state index in [0.29, 0.717) is 18.6 Å². The molecule has 1 amide bonds. The average Bonchev–Trinajstić information content (AvgIpc) is 2.28. The van der Waals surface area contributed by atoms with E-state index in [1.165, 1.54) is 0 Å². The van der Waals surface area contributed by atoms with Crippen molar-refractivity contribution in [3.05, 3.63) is 29.8 Å². The Morgan fingerprint density at radius 3 is 2.29 bits per heavy atom. The van der Waals surface area contributed by atoms with Gasteiger partial charge in [0.05, 0.1) is 5.92 Å². The molecule has 1 aromatic carbocycles. The number of ether oxygens (including phenoxy) is 1. The van der Waals surface area contributed by atoms with Gasteiger partial charge in [-0.3, -0.25) is 9.59 Å². The molecule has 0 saturated heterocycles. The number of carbonyl (C=O) groups is 2. The Kier molecular flexibility index (Phi) is 4.69. The Morgan fingerprint density at radius 2 is 1.82 bits per heavy atom. The van der Waals surface area contributed by atoms with Crippen LogP contribution in [0.5, 0.6) is 5.75 Å². The van der Waals surface area contributed by atoms with E-state index in [9.17, 15) is 9.59 Å². The van der Waals surface area contributed by atoms with Gasteiger partial charge in [0, 0.05) is 6.42 Å². The predicted octanol–water partition coefficient (Wildman–Crippen LogP) is 1.67. The summed E-state index contributed by atoms with van der Waals surface area (Å²) in [7, 11) is 0. The minimum atomic E-state index is -0.319. The molecule has 17 heavy (non-hydrogen) atoms. The minimum Gasteiger partial charge on any atom is -0.426 e. The highest BCUT2D eigenvalue weighted by molar-refractivity contribution is 5.74. The third-order valence-corrected chi connectivity index (χ3v) is 2.27. The Labute approximate surface area is 101 Å². The number of hydrogen-bond acceptors (Lipinski definition) is 3. The lowest BCUT2D eigenvalue weighted by Crippen LogP contribution is -2.14. The van der Waals surface area contributed by atoms with Crippen LogP contribution in [0.15, 0.2) is 24.3 Å². The number of hydrogen-bond donors (Lipinski definition) is 1. The number of carbonyl (C=O) groups excluding carboxylic acids is 2. The van der Waals surface area contributed by atoms with Crippen LogP contribution in [0, 0.1) is 5.92 Å². The number of benzene rings is 1. The number of nitrogens with two attached hydrogens (primary N) is 1. The second kappa shape index (κ2) is 6.03. The summed E-state index contributed by atoms with van der Waals surface area (Å²) in [5, 5.41) is 0. The van der Waals surface area contributed by atoms with Crippen LogP contribution in [0.2, 0.25) is 0 Å². The van der Waals surface area contributed by atoms with E-state index in [1.54, 1.807) is 26.0 Å². The summed E-state index contributed by atoms with van der Waals surface area (Å²) in [5.41, 5.74) is 6.05. The van der Waals surface area contributed by atoms with Crippen molar-refractivity contribution in [1.82, 2.24) is 0 Å². The van der Waals surface area contributed by atoms with Crippen molar-refractivity contribution in [2.45, 2.75) is 26.7 Å². The van der Waals surface area contributed by atoms with Crippen molar-refractivity contribution in [2.24, 2.45) is 11.7 Å². The molecule has 0 unspecified atom stereocenters. The van der Waals surface area contributed by atoms with E-state index in [-0.39, 0.29) is 17.8 Å². The highest BCUT2D eigenvalue weighted by Crippen LogP contribution is 2.14. The number of aryl methyl sites for hydroxylation is 1. The van der Waals surface area contributed by atoms with Crippen molar-refractivity contribution in [3.8, 4) is 5.75 Å². The van der Waals surface area contributed by atoms with E-state index in [2.05, 4.69) is 0 Å². The van der Waals surface area contributed by atoms with E-state index < -0.39 is 0 Å². The third kappa shape index (κ3) is 4.68. The van der Waals surface area contributed by atoms with Crippen molar-refractivity contribution in [1.29, 1.82) is 0 Å². The number of esters is 1. The summed E-state index contributed by atoms with van der Waals surface area (Å²) < 4.78 is 5.13. The molecule has 0 spiro atoms. The van der Waals surface area contributed by atoms with Gasteiger partial charge in [0.1, 0.15) is 5.75 Å². The Hall–Kier alpha value is -1.84. The summed E-state index contributed by atoms with van der Waals surface area (Å²) in [5.74, 6) is -0.203. The van der Waals surface area contributed by atoms with Crippen molar-refractivity contribution in [2.75, 3.05) is 0 Å². The molecule has 0 aliphatic heterocycles. The first-order valence-corrected chi connectivity index (χ1v) is 5.58. The van der Waals surface area contributed by atoms with Gasteiger partial charge in [-0.25, -0.2) is 0 Å². The quantitative estimate of drug-likeness (QED) is 0.623. The fourth-order valence-electron chi connectivity index (χ4n) is 1.23. The molecular formula is C13H17NO3. The molecule has 92 valence electrons. The molecule has 0 heterocycles. The Bertz CT molecular complexity index is 396. The summed E-state index contributed by atoms with van der Waals surface area (Å²) in [6, 6.07) is 7.09. The zero-order chi connectivity index (χ0) is 12.8. The van der Waals surface area contributed by atoms with Gasteiger partial charge in [-0.15, -0.1) is 0 Å².